The third-order valence-electron chi connectivity index (χ3n) is 4.05. The summed E-state index contributed by atoms with van der Waals surface area (Å²) in [7, 11) is -17.7. The minimum Gasteiger partial charge on any atom is -0.756 e. The molecule has 180 valence electrons. The van der Waals surface area contributed by atoms with Crippen LogP contribution in [-0.2, 0) is 38.1 Å². The fourth-order valence-electron chi connectivity index (χ4n) is 2.79. The number of hydrogen-bond donors (Lipinski definition) is 4. The molecule has 1 aliphatic rings. The second-order valence-corrected chi connectivity index (χ2v) is 10.6. The topological polar surface area (TPSA) is 282 Å². The van der Waals surface area contributed by atoms with Crippen LogP contribution >= 0.6 is 23.5 Å². The third-order valence-corrected chi connectivity index (χ3v) is 7.74. The summed E-state index contributed by atoms with van der Waals surface area (Å²) in [5.74, 6) is 0. The molecule has 3 heterocycles. The molecule has 7 atom stereocenters. The molecule has 0 bridgehead atoms. The number of phosphoric acid groups is 3. The van der Waals surface area contributed by atoms with Crippen molar-refractivity contribution >= 4 is 34.6 Å². The second-order valence-electron chi connectivity index (χ2n) is 6.32. The fourth-order valence-corrected chi connectivity index (χ4v) is 5.68. The van der Waals surface area contributed by atoms with Gasteiger partial charge in [0.15, 0.2) is 11.2 Å². The summed E-state index contributed by atoms with van der Waals surface area (Å²) in [4.78, 5) is 63.3. The quantitative estimate of drug-likeness (QED) is 0.156. The van der Waals surface area contributed by atoms with E-state index in [2.05, 4.69) is 28.1 Å². The zero-order valence-electron chi connectivity index (χ0n) is 18.4. The van der Waals surface area contributed by atoms with E-state index in [9.17, 15) is 43.4 Å². The molecule has 18 nitrogen and oxygen atoms in total. The summed E-state index contributed by atoms with van der Waals surface area (Å²) in [5.41, 5.74) is -0.380. The molecule has 4 N–H and O–H groups in total. The largest absolute Gasteiger partial charge is 1.00 e. The normalized spacial score (nSPS) is 26.9. The molecule has 0 radical (unpaired) electrons. The van der Waals surface area contributed by atoms with E-state index in [1.54, 1.807) is 0 Å². The molecule has 4 unspecified atom stereocenters. The van der Waals surface area contributed by atoms with Gasteiger partial charge in [-0.15, -0.1) is 0 Å². The Morgan fingerprint density at radius 2 is 1.63 bits per heavy atom. The van der Waals surface area contributed by atoms with Gasteiger partial charge < -0.3 is 48.6 Å². The molecular formula is C11H14N4Na3O14P3. The fraction of sp³-hybridized carbons (Fsp3) is 0.545. The zero-order valence-corrected chi connectivity index (χ0v) is 27.1. The van der Waals surface area contributed by atoms with Crippen LogP contribution in [0.2, 0.25) is 0 Å². The van der Waals surface area contributed by atoms with Gasteiger partial charge >= 0.3 is 88.7 Å². The molecule has 0 aliphatic carbocycles. The Hall–Kier alpha value is 1.64. The van der Waals surface area contributed by atoms with E-state index >= 15 is 0 Å². The van der Waals surface area contributed by atoms with Crippen LogP contribution in [0.15, 0.2) is 17.4 Å². The maximum Gasteiger partial charge on any atom is 1.00 e. The minimum absolute atomic E-state index is 0. The number of phosphoric ester groups is 1. The Labute approximate surface area is 262 Å². The molecule has 0 aromatic carbocycles. The van der Waals surface area contributed by atoms with Gasteiger partial charge in [-0.1, -0.05) is 0 Å². The number of imidazole rings is 1. The molecule has 0 amide bonds. The first-order chi connectivity index (χ1) is 14.7. The number of aromatic amines is 1. The molecule has 3 rings (SSSR count). The first-order valence-electron chi connectivity index (χ1n) is 8.31. The summed E-state index contributed by atoms with van der Waals surface area (Å²) in [5, 5.41) is 20.2. The zero-order chi connectivity index (χ0) is 23.9. The summed E-state index contributed by atoms with van der Waals surface area (Å²) in [6.07, 6.45) is -3.57. The van der Waals surface area contributed by atoms with E-state index in [0.29, 0.717) is 0 Å². The van der Waals surface area contributed by atoms with Crippen molar-refractivity contribution in [3.05, 3.63) is 23.0 Å². The number of hydrogen-bond acceptors (Lipinski definition) is 15. The summed E-state index contributed by atoms with van der Waals surface area (Å²) < 4.78 is 50.7. The maximum absolute atomic E-state index is 11.7. The standard InChI is InChI=1S/C11H17N4O14P3.3Na/c16-8-5(1-15-4-14-7-10(15)12-3-13-11(7)18)27-6(9(8)17)2-26-31(22,23)29-32(24,25)28-30(19,20)21;;;/h3-6,8-9,16-17H,1-2H2,(H,22,23)(H,24,25)(H,12,13,18)(H2,19,20,21);;;/q;3*+1/p-3/t5-,6+,8?,9-;;;/m0.../s1. The third kappa shape index (κ3) is 10.3. The van der Waals surface area contributed by atoms with E-state index in [1.807, 2.05) is 0 Å². The Morgan fingerprint density at radius 3 is 2.23 bits per heavy atom. The number of ether oxygens (including phenoxy) is 1. The molecule has 1 aliphatic heterocycles. The number of fused-ring (bicyclic) bond motifs is 1. The van der Waals surface area contributed by atoms with Gasteiger partial charge in [-0.05, 0) is 0 Å². The van der Waals surface area contributed by atoms with E-state index in [1.165, 1.54) is 10.9 Å². The Balaban J connectivity index is 0.00000385. The van der Waals surface area contributed by atoms with Gasteiger partial charge in [-0.2, -0.15) is 0 Å². The van der Waals surface area contributed by atoms with Crippen molar-refractivity contribution in [2.45, 2.75) is 31.0 Å². The molecule has 2 aromatic rings. The number of aliphatic hydroxyl groups is 2. The summed E-state index contributed by atoms with van der Waals surface area (Å²) in [6, 6.07) is 0. The number of nitrogens with one attached hydrogen (secondary N) is 1. The SMILES string of the molecule is O=c1[nH]cnc2c1ncn2C[C@@H]1O[C@H](COP(=O)([O-])OP(=O)([O-])OP(=O)([O-])O)[C@H](O)C1O.[Na+].[Na+].[Na+]. The Morgan fingerprint density at radius 1 is 1.03 bits per heavy atom. The van der Waals surface area contributed by atoms with Crippen molar-refractivity contribution in [2.75, 3.05) is 6.61 Å². The molecule has 24 heteroatoms. The summed E-state index contributed by atoms with van der Waals surface area (Å²) in [6.45, 7) is -1.22. The van der Waals surface area contributed by atoms with Crippen LogP contribution in [0.1, 0.15) is 0 Å². The molecule has 0 saturated carbocycles. The number of H-pyrrole nitrogens is 1. The first-order valence-corrected chi connectivity index (χ1v) is 12.7. The Kier molecular flexibility index (Phi) is 15.0. The van der Waals surface area contributed by atoms with Gasteiger partial charge in [0.2, 0.25) is 0 Å². The van der Waals surface area contributed by atoms with Gasteiger partial charge in [0.25, 0.3) is 29.0 Å². The van der Waals surface area contributed by atoms with E-state index in [0.717, 1.165) is 6.33 Å². The van der Waals surface area contributed by atoms with Crippen LogP contribution in [0, 0.1) is 0 Å². The number of aliphatic hydroxyl groups excluding tert-OH is 2. The first kappa shape index (κ1) is 36.6. The predicted octanol–water partition coefficient (Wildman–Crippen LogP) is -12.9. The molecule has 35 heavy (non-hydrogen) atoms. The van der Waals surface area contributed by atoms with E-state index < -0.39 is 60.1 Å². The van der Waals surface area contributed by atoms with Gasteiger partial charge in [-0.25, -0.2) is 18.6 Å². The van der Waals surface area contributed by atoms with Crippen LogP contribution in [0.3, 0.4) is 0 Å². The molecule has 0 spiro atoms. The van der Waals surface area contributed by atoms with Crippen molar-refractivity contribution in [3.8, 4) is 0 Å². The maximum atomic E-state index is 11.7. The smallest absolute Gasteiger partial charge is 0.756 e. The van der Waals surface area contributed by atoms with Gasteiger partial charge in [-0.3, -0.25) is 18.5 Å². The van der Waals surface area contributed by atoms with Gasteiger partial charge in [0, 0.05) is 0 Å². The number of aromatic nitrogens is 4. The van der Waals surface area contributed by atoms with Gasteiger partial charge in [0.1, 0.15) is 24.4 Å². The van der Waals surface area contributed by atoms with Crippen LogP contribution in [0.4, 0.5) is 0 Å². The van der Waals surface area contributed by atoms with Crippen molar-refractivity contribution < 1.29 is 150 Å². The monoisotopic (exact) mass is 588 g/mol. The Bertz CT molecular complexity index is 1190. The van der Waals surface area contributed by atoms with Crippen molar-refractivity contribution in [3.63, 3.8) is 0 Å². The minimum atomic E-state index is -6.08. The molecule has 1 saturated heterocycles. The average Bonchev–Trinajstić information content (AvgIpc) is 3.15. The van der Waals surface area contributed by atoms with E-state index in [4.69, 9.17) is 9.63 Å². The van der Waals surface area contributed by atoms with Crippen LogP contribution in [-0.4, -0.2) is 65.6 Å². The molecule has 2 aromatic heterocycles. The number of rotatable bonds is 9. The summed E-state index contributed by atoms with van der Waals surface area (Å²) >= 11 is 0. The van der Waals surface area contributed by atoms with Crippen LogP contribution in [0.25, 0.3) is 11.2 Å². The molecular weight excluding hydrogens is 574 g/mol. The predicted molar refractivity (Wildman–Crippen MR) is 92.0 cm³/mol. The van der Waals surface area contributed by atoms with Gasteiger partial charge in [0.05, 0.1) is 25.8 Å². The van der Waals surface area contributed by atoms with E-state index in [-0.39, 0.29) is 106 Å². The van der Waals surface area contributed by atoms with Crippen molar-refractivity contribution in [1.29, 1.82) is 0 Å². The van der Waals surface area contributed by atoms with Crippen molar-refractivity contribution in [1.82, 2.24) is 19.5 Å². The van der Waals surface area contributed by atoms with Crippen LogP contribution < -0.4 is 109 Å². The van der Waals surface area contributed by atoms with Crippen LogP contribution in [0.5, 0.6) is 0 Å². The number of nitrogens with zero attached hydrogens (tertiary/aromatic N) is 3. The average molecular weight is 588 g/mol. The van der Waals surface area contributed by atoms with Crippen molar-refractivity contribution in [2.24, 2.45) is 0 Å². The molecule has 1 fully saturated rings. The second kappa shape index (κ2) is 14.3.